The molecule has 3 rings (SSSR count). The van der Waals surface area contributed by atoms with Gasteiger partial charge in [-0.15, -0.1) is 0 Å². The Morgan fingerprint density at radius 3 is 2.57 bits per heavy atom. The van der Waals surface area contributed by atoms with Crippen LogP contribution in [-0.2, 0) is 0 Å². The van der Waals surface area contributed by atoms with Crippen LogP contribution in [0, 0.1) is 18.7 Å². The van der Waals surface area contributed by atoms with E-state index in [1.807, 2.05) is 37.3 Å². The zero-order valence-electron chi connectivity index (χ0n) is 12.7. The van der Waals surface area contributed by atoms with E-state index >= 15 is 0 Å². The zero-order chi connectivity index (χ0) is 15.0. The second-order valence-electron chi connectivity index (χ2n) is 6.16. The molecule has 0 saturated heterocycles. The SMILES string of the molecule is C=Cc1ccc(-c2cc(C)ccc2F)c(C(C)C2CC2)c1. The van der Waals surface area contributed by atoms with Gasteiger partial charge in [0.2, 0.25) is 0 Å². The van der Waals surface area contributed by atoms with E-state index in [1.165, 1.54) is 18.4 Å². The van der Waals surface area contributed by atoms with Gasteiger partial charge in [-0.1, -0.05) is 49.4 Å². The van der Waals surface area contributed by atoms with E-state index in [0.717, 1.165) is 22.6 Å². The third kappa shape index (κ3) is 2.78. The van der Waals surface area contributed by atoms with Crippen molar-refractivity contribution in [3.63, 3.8) is 0 Å². The molecule has 2 aromatic carbocycles. The minimum atomic E-state index is -0.142. The molecule has 21 heavy (non-hydrogen) atoms. The molecule has 0 heterocycles. The predicted molar refractivity (Wildman–Crippen MR) is 87.8 cm³/mol. The largest absolute Gasteiger partial charge is 0.206 e. The highest BCUT2D eigenvalue weighted by Gasteiger charge is 2.30. The molecular formula is C20H21F. The summed E-state index contributed by atoms with van der Waals surface area (Å²) < 4.78 is 14.3. The minimum Gasteiger partial charge on any atom is -0.206 e. The fraction of sp³-hybridized carbons (Fsp3) is 0.300. The first-order valence-electron chi connectivity index (χ1n) is 7.63. The molecule has 1 heteroatoms. The molecule has 0 bridgehead atoms. The monoisotopic (exact) mass is 280 g/mol. The Hall–Kier alpha value is -1.89. The molecule has 0 aliphatic heterocycles. The van der Waals surface area contributed by atoms with Crippen LogP contribution < -0.4 is 0 Å². The van der Waals surface area contributed by atoms with Gasteiger partial charge in [-0.2, -0.15) is 0 Å². The first-order valence-corrected chi connectivity index (χ1v) is 7.63. The average molecular weight is 280 g/mol. The highest BCUT2D eigenvalue weighted by atomic mass is 19.1. The molecule has 1 fully saturated rings. The summed E-state index contributed by atoms with van der Waals surface area (Å²) in [7, 11) is 0. The van der Waals surface area contributed by atoms with Crippen molar-refractivity contribution in [3.05, 3.63) is 65.5 Å². The number of benzene rings is 2. The normalized spacial score (nSPS) is 15.8. The minimum absolute atomic E-state index is 0.142. The summed E-state index contributed by atoms with van der Waals surface area (Å²) in [5, 5.41) is 0. The molecule has 0 aromatic heterocycles. The second kappa shape index (κ2) is 5.48. The molecule has 0 spiro atoms. The van der Waals surface area contributed by atoms with Crippen LogP contribution in [0.1, 0.15) is 42.4 Å². The van der Waals surface area contributed by atoms with Gasteiger partial charge in [0.1, 0.15) is 5.82 Å². The number of aryl methyl sites for hydroxylation is 1. The van der Waals surface area contributed by atoms with E-state index in [9.17, 15) is 4.39 Å². The van der Waals surface area contributed by atoms with Crippen molar-refractivity contribution in [2.75, 3.05) is 0 Å². The third-order valence-electron chi connectivity index (χ3n) is 4.54. The molecule has 1 unspecified atom stereocenters. The fourth-order valence-electron chi connectivity index (χ4n) is 3.03. The van der Waals surface area contributed by atoms with Crippen molar-refractivity contribution in [2.45, 2.75) is 32.6 Å². The van der Waals surface area contributed by atoms with Crippen LogP contribution in [0.4, 0.5) is 4.39 Å². The van der Waals surface area contributed by atoms with Crippen molar-refractivity contribution >= 4 is 6.08 Å². The second-order valence-corrected chi connectivity index (χ2v) is 6.16. The van der Waals surface area contributed by atoms with E-state index in [2.05, 4.69) is 19.6 Å². The van der Waals surface area contributed by atoms with Crippen LogP contribution >= 0.6 is 0 Å². The summed E-state index contributed by atoms with van der Waals surface area (Å²) in [6, 6.07) is 11.6. The van der Waals surface area contributed by atoms with Gasteiger partial charge in [0.15, 0.2) is 0 Å². The zero-order valence-corrected chi connectivity index (χ0v) is 12.7. The van der Waals surface area contributed by atoms with Gasteiger partial charge in [-0.3, -0.25) is 0 Å². The Morgan fingerprint density at radius 2 is 1.90 bits per heavy atom. The van der Waals surface area contributed by atoms with Crippen molar-refractivity contribution in [3.8, 4) is 11.1 Å². The van der Waals surface area contributed by atoms with E-state index in [4.69, 9.17) is 0 Å². The summed E-state index contributed by atoms with van der Waals surface area (Å²) in [5.41, 5.74) is 5.19. The van der Waals surface area contributed by atoms with Crippen LogP contribution in [0.25, 0.3) is 17.2 Å². The standard InChI is InChI=1S/C20H21F/c1-4-15-6-9-17(18(12-15)14(3)16-7-8-16)19-11-13(2)5-10-20(19)21/h4-6,9-12,14,16H,1,7-8H2,2-3H3. The Bertz CT molecular complexity index is 680. The van der Waals surface area contributed by atoms with E-state index in [0.29, 0.717) is 11.5 Å². The molecule has 0 nitrogen and oxygen atoms in total. The lowest BCUT2D eigenvalue weighted by Crippen LogP contribution is -2.00. The predicted octanol–water partition coefficient (Wildman–Crippen LogP) is 5.96. The van der Waals surface area contributed by atoms with Crippen molar-refractivity contribution in [1.82, 2.24) is 0 Å². The van der Waals surface area contributed by atoms with Gasteiger partial charge >= 0.3 is 0 Å². The van der Waals surface area contributed by atoms with Gasteiger partial charge in [0.25, 0.3) is 0 Å². The summed E-state index contributed by atoms with van der Waals surface area (Å²) in [6.45, 7) is 8.12. The van der Waals surface area contributed by atoms with Crippen molar-refractivity contribution in [2.24, 2.45) is 5.92 Å². The Kier molecular flexibility index (Phi) is 3.67. The lowest BCUT2D eigenvalue weighted by molar-refractivity contribution is 0.628. The number of rotatable bonds is 4. The molecule has 108 valence electrons. The summed E-state index contributed by atoms with van der Waals surface area (Å²) in [6.07, 6.45) is 4.43. The number of hydrogen-bond acceptors (Lipinski definition) is 0. The molecule has 1 aliphatic rings. The molecule has 0 radical (unpaired) electrons. The Balaban J connectivity index is 2.16. The van der Waals surface area contributed by atoms with Crippen LogP contribution in [0.2, 0.25) is 0 Å². The van der Waals surface area contributed by atoms with Gasteiger partial charge in [-0.25, -0.2) is 4.39 Å². The summed E-state index contributed by atoms with van der Waals surface area (Å²) >= 11 is 0. The fourth-order valence-corrected chi connectivity index (χ4v) is 3.03. The highest BCUT2D eigenvalue weighted by molar-refractivity contribution is 5.71. The molecule has 2 aromatic rings. The van der Waals surface area contributed by atoms with Gasteiger partial charge in [-0.05, 0) is 60.4 Å². The smallest absolute Gasteiger partial charge is 0.131 e. The summed E-state index contributed by atoms with van der Waals surface area (Å²) in [5.74, 6) is 1.08. The van der Waals surface area contributed by atoms with E-state index in [1.54, 1.807) is 6.07 Å². The maximum Gasteiger partial charge on any atom is 0.131 e. The molecule has 1 saturated carbocycles. The average Bonchev–Trinajstić information content (AvgIpc) is 3.33. The van der Waals surface area contributed by atoms with E-state index < -0.39 is 0 Å². The number of hydrogen-bond donors (Lipinski definition) is 0. The number of halogens is 1. The van der Waals surface area contributed by atoms with Gasteiger partial charge in [0.05, 0.1) is 0 Å². The Labute approximate surface area is 126 Å². The lowest BCUT2D eigenvalue weighted by atomic mass is 9.87. The van der Waals surface area contributed by atoms with Crippen molar-refractivity contribution in [1.29, 1.82) is 0 Å². The first-order chi connectivity index (χ1) is 10.1. The van der Waals surface area contributed by atoms with Crippen molar-refractivity contribution < 1.29 is 4.39 Å². The Morgan fingerprint density at radius 1 is 1.14 bits per heavy atom. The highest BCUT2D eigenvalue weighted by Crippen LogP contribution is 2.45. The molecule has 0 N–H and O–H groups in total. The van der Waals surface area contributed by atoms with Gasteiger partial charge < -0.3 is 0 Å². The molecule has 0 amide bonds. The van der Waals surface area contributed by atoms with Crippen LogP contribution in [0.5, 0.6) is 0 Å². The summed E-state index contributed by atoms with van der Waals surface area (Å²) in [4.78, 5) is 0. The van der Waals surface area contributed by atoms with Crippen LogP contribution in [0.3, 0.4) is 0 Å². The topological polar surface area (TPSA) is 0 Å². The molecule has 1 aliphatic carbocycles. The quantitative estimate of drug-likeness (QED) is 0.648. The van der Waals surface area contributed by atoms with E-state index in [-0.39, 0.29) is 5.82 Å². The van der Waals surface area contributed by atoms with Gasteiger partial charge in [0, 0.05) is 5.56 Å². The maximum absolute atomic E-state index is 14.3. The van der Waals surface area contributed by atoms with Crippen LogP contribution in [-0.4, -0.2) is 0 Å². The van der Waals surface area contributed by atoms with Crippen LogP contribution in [0.15, 0.2) is 43.0 Å². The molecular weight excluding hydrogens is 259 g/mol. The third-order valence-corrected chi connectivity index (χ3v) is 4.54. The molecule has 1 atom stereocenters. The first kappa shape index (κ1) is 14.1. The maximum atomic E-state index is 14.3. The lowest BCUT2D eigenvalue weighted by Gasteiger charge is -2.18.